The molecule has 0 aliphatic heterocycles. The second kappa shape index (κ2) is 10.1. The van der Waals surface area contributed by atoms with Gasteiger partial charge in [-0.15, -0.1) is 11.3 Å². The standard InChI is InChI=1S/C29H31N5OS/c1-20-15-16-24(17-21(20)2)26-19-36-29(33(26)30-18-23-11-7-5-8-12-23)31-27-22(3)32(4)34(28(27)35)25-13-9-6-10-14-25/h5-7,9-10,13-19,23H,8,11-12H2,1-4H3. The summed E-state index contributed by atoms with van der Waals surface area (Å²) in [6.45, 7) is 6.17. The van der Waals surface area contributed by atoms with Crippen molar-refractivity contribution in [2.45, 2.75) is 40.0 Å². The summed E-state index contributed by atoms with van der Waals surface area (Å²) in [6.07, 6.45) is 9.68. The van der Waals surface area contributed by atoms with Crippen molar-refractivity contribution in [1.82, 2.24) is 14.0 Å². The van der Waals surface area contributed by atoms with Gasteiger partial charge in [0.1, 0.15) is 0 Å². The first-order valence-electron chi connectivity index (χ1n) is 12.3. The van der Waals surface area contributed by atoms with Gasteiger partial charge in [0.05, 0.1) is 17.1 Å². The molecule has 0 fully saturated rings. The maximum Gasteiger partial charge on any atom is 0.297 e. The van der Waals surface area contributed by atoms with E-state index in [4.69, 9.17) is 10.1 Å². The summed E-state index contributed by atoms with van der Waals surface area (Å²) in [5, 5.41) is 7.00. The summed E-state index contributed by atoms with van der Waals surface area (Å²) < 4.78 is 5.41. The molecule has 1 atom stereocenters. The number of benzene rings is 2. The van der Waals surface area contributed by atoms with Gasteiger partial charge in [-0.2, -0.15) is 5.10 Å². The van der Waals surface area contributed by atoms with Crippen LogP contribution in [-0.2, 0) is 7.05 Å². The monoisotopic (exact) mass is 497 g/mol. The number of hydrogen-bond donors (Lipinski definition) is 0. The normalized spacial score (nSPS) is 16.3. The molecule has 0 N–H and O–H groups in total. The molecule has 0 saturated carbocycles. The highest BCUT2D eigenvalue weighted by Crippen LogP contribution is 2.24. The Morgan fingerprint density at radius 2 is 1.83 bits per heavy atom. The number of thiazole rings is 1. The minimum atomic E-state index is -0.143. The number of aromatic nitrogens is 3. The summed E-state index contributed by atoms with van der Waals surface area (Å²) >= 11 is 1.50. The Bertz CT molecular complexity index is 1580. The molecule has 7 heteroatoms. The Kier molecular flexibility index (Phi) is 6.74. The average molecular weight is 498 g/mol. The Morgan fingerprint density at radius 3 is 2.56 bits per heavy atom. The van der Waals surface area contributed by atoms with E-state index < -0.39 is 0 Å². The van der Waals surface area contributed by atoms with Crippen LogP contribution in [0.2, 0.25) is 0 Å². The quantitative estimate of drug-likeness (QED) is 0.244. The van der Waals surface area contributed by atoms with E-state index in [0.29, 0.717) is 16.4 Å². The summed E-state index contributed by atoms with van der Waals surface area (Å²) in [4.78, 5) is 19.1. The van der Waals surface area contributed by atoms with Crippen LogP contribution in [0.25, 0.3) is 16.9 Å². The van der Waals surface area contributed by atoms with E-state index in [-0.39, 0.29) is 5.56 Å². The van der Waals surface area contributed by atoms with Crippen LogP contribution in [0.1, 0.15) is 36.1 Å². The van der Waals surface area contributed by atoms with Gasteiger partial charge in [0, 0.05) is 24.2 Å². The molecule has 4 aromatic rings. The number of allylic oxidation sites excluding steroid dienone is 2. The van der Waals surface area contributed by atoms with E-state index >= 15 is 0 Å². The molecule has 184 valence electrons. The minimum Gasteiger partial charge on any atom is -0.283 e. The highest BCUT2D eigenvalue weighted by molar-refractivity contribution is 7.07. The van der Waals surface area contributed by atoms with Gasteiger partial charge >= 0.3 is 0 Å². The maximum atomic E-state index is 13.5. The lowest BCUT2D eigenvalue weighted by Gasteiger charge is -2.12. The third kappa shape index (κ3) is 4.58. The Labute approximate surface area is 215 Å². The van der Waals surface area contributed by atoms with Gasteiger partial charge in [-0.1, -0.05) is 42.5 Å². The van der Waals surface area contributed by atoms with Crippen LogP contribution in [0.4, 0.5) is 5.69 Å². The Hall–Kier alpha value is -3.71. The molecule has 2 heterocycles. The van der Waals surface area contributed by atoms with Gasteiger partial charge in [0.2, 0.25) is 4.80 Å². The first kappa shape index (κ1) is 24.0. The zero-order valence-corrected chi connectivity index (χ0v) is 22.0. The summed E-state index contributed by atoms with van der Waals surface area (Å²) in [5.74, 6) is 0.400. The van der Waals surface area contributed by atoms with Crippen molar-refractivity contribution in [2.24, 2.45) is 23.1 Å². The lowest BCUT2D eigenvalue weighted by molar-refractivity contribution is 0.622. The molecule has 1 unspecified atom stereocenters. The Morgan fingerprint density at radius 1 is 1.03 bits per heavy atom. The van der Waals surface area contributed by atoms with Crippen LogP contribution >= 0.6 is 11.3 Å². The molecule has 2 aromatic heterocycles. The van der Waals surface area contributed by atoms with E-state index in [2.05, 4.69) is 49.6 Å². The average Bonchev–Trinajstić information content (AvgIpc) is 3.39. The van der Waals surface area contributed by atoms with Crippen LogP contribution < -0.4 is 10.4 Å². The molecule has 0 radical (unpaired) electrons. The molecule has 5 rings (SSSR count). The molecular formula is C29H31N5OS. The van der Waals surface area contributed by atoms with Crippen molar-refractivity contribution in [3.63, 3.8) is 0 Å². The van der Waals surface area contributed by atoms with Gasteiger partial charge in [0.15, 0.2) is 5.69 Å². The number of nitrogens with zero attached hydrogens (tertiary/aromatic N) is 5. The zero-order valence-electron chi connectivity index (χ0n) is 21.2. The number of aryl methyl sites for hydroxylation is 2. The molecule has 0 spiro atoms. The van der Waals surface area contributed by atoms with E-state index in [0.717, 1.165) is 41.9 Å². The van der Waals surface area contributed by atoms with Crippen molar-refractivity contribution in [2.75, 3.05) is 0 Å². The molecule has 1 aliphatic carbocycles. The fraction of sp³-hybridized carbons (Fsp3) is 0.276. The van der Waals surface area contributed by atoms with Crippen molar-refractivity contribution < 1.29 is 0 Å². The van der Waals surface area contributed by atoms with Crippen molar-refractivity contribution in [3.8, 4) is 16.9 Å². The first-order valence-corrected chi connectivity index (χ1v) is 13.2. The van der Waals surface area contributed by atoms with E-state index in [1.165, 1.54) is 22.5 Å². The molecule has 6 nitrogen and oxygen atoms in total. The lowest BCUT2D eigenvalue weighted by Crippen LogP contribution is -2.20. The molecule has 1 aliphatic rings. The third-order valence-electron chi connectivity index (χ3n) is 6.92. The van der Waals surface area contributed by atoms with E-state index in [1.807, 2.05) is 59.9 Å². The highest BCUT2D eigenvalue weighted by atomic mass is 32.1. The lowest BCUT2D eigenvalue weighted by atomic mass is 9.96. The van der Waals surface area contributed by atoms with Crippen molar-refractivity contribution in [3.05, 3.63) is 98.0 Å². The summed E-state index contributed by atoms with van der Waals surface area (Å²) in [6, 6.07) is 16.1. The van der Waals surface area contributed by atoms with Gasteiger partial charge in [-0.25, -0.2) is 14.4 Å². The predicted octanol–water partition coefficient (Wildman–Crippen LogP) is 6.05. The van der Waals surface area contributed by atoms with Crippen molar-refractivity contribution in [1.29, 1.82) is 0 Å². The van der Waals surface area contributed by atoms with Crippen molar-refractivity contribution >= 4 is 23.2 Å². The minimum absolute atomic E-state index is 0.143. The van der Waals surface area contributed by atoms with Crippen LogP contribution in [0.3, 0.4) is 0 Å². The zero-order chi connectivity index (χ0) is 25.2. The second-order valence-corrected chi connectivity index (χ2v) is 10.2. The van der Waals surface area contributed by atoms with E-state index in [9.17, 15) is 4.79 Å². The fourth-order valence-corrected chi connectivity index (χ4v) is 5.32. The Balaban J connectivity index is 1.67. The number of rotatable bonds is 5. The second-order valence-electron chi connectivity index (χ2n) is 9.35. The highest BCUT2D eigenvalue weighted by Gasteiger charge is 2.17. The third-order valence-corrected chi connectivity index (χ3v) is 7.74. The molecule has 0 saturated heterocycles. The SMILES string of the molecule is Cc1ccc(-c2csc(=Nc3c(C)n(C)n(-c4ccccc4)c3=O)n2N=CC2CC=CCC2)cc1C. The van der Waals surface area contributed by atoms with Crippen LogP contribution in [-0.4, -0.2) is 20.3 Å². The van der Waals surface area contributed by atoms with E-state index in [1.54, 1.807) is 4.68 Å². The van der Waals surface area contributed by atoms with Gasteiger partial charge in [0.25, 0.3) is 5.56 Å². The fourth-order valence-electron chi connectivity index (χ4n) is 4.48. The van der Waals surface area contributed by atoms with Gasteiger partial charge < -0.3 is 0 Å². The van der Waals surface area contributed by atoms with Crippen LogP contribution in [0.15, 0.2) is 81.0 Å². The molecular weight excluding hydrogens is 466 g/mol. The largest absolute Gasteiger partial charge is 0.297 e. The van der Waals surface area contributed by atoms with Crippen LogP contribution in [0, 0.1) is 26.7 Å². The molecule has 0 amide bonds. The molecule has 2 aromatic carbocycles. The van der Waals surface area contributed by atoms with Gasteiger partial charge in [-0.05, 0) is 75.3 Å². The predicted molar refractivity (Wildman–Crippen MR) is 149 cm³/mol. The van der Waals surface area contributed by atoms with Gasteiger partial charge in [-0.3, -0.25) is 9.48 Å². The molecule has 36 heavy (non-hydrogen) atoms. The maximum absolute atomic E-state index is 13.5. The number of para-hydroxylation sites is 1. The topological polar surface area (TPSA) is 56.6 Å². The van der Waals surface area contributed by atoms with Crippen LogP contribution in [0.5, 0.6) is 0 Å². The molecule has 0 bridgehead atoms. The first-order chi connectivity index (χ1) is 17.4. The number of hydrogen-bond acceptors (Lipinski definition) is 4. The summed E-state index contributed by atoms with van der Waals surface area (Å²) in [7, 11) is 1.89. The smallest absolute Gasteiger partial charge is 0.283 e. The summed E-state index contributed by atoms with van der Waals surface area (Å²) in [5.41, 5.74) is 6.45.